The van der Waals surface area contributed by atoms with E-state index in [-0.39, 0.29) is 18.9 Å². The van der Waals surface area contributed by atoms with Gasteiger partial charge in [0.05, 0.1) is 5.92 Å². The Kier molecular flexibility index (Phi) is 5.31. The van der Waals surface area contributed by atoms with Crippen molar-refractivity contribution < 1.29 is 13.2 Å². The molecular formula is C17H24F3N. The molecule has 0 radical (unpaired) electrons. The fraction of sp³-hybridized carbons (Fsp3) is 0.647. The van der Waals surface area contributed by atoms with Crippen LogP contribution in [0, 0.1) is 5.92 Å². The smallest absolute Gasteiger partial charge is 0.310 e. The summed E-state index contributed by atoms with van der Waals surface area (Å²) < 4.78 is 38.3. The van der Waals surface area contributed by atoms with Gasteiger partial charge in [-0.3, -0.25) is 0 Å². The predicted octanol–water partition coefficient (Wildman–Crippen LogP) is 5.02. The van der Waals surface area contributed by atoms with Crippen LogP contribution in [0.15, 0.2) is 24.3 Å². The SMILES string of the molecule is CC(C)c1ccc(CNC2CCCC(C(F)(F)F)C2)cc1. The lowest BCUT2D eigenvalue weighted by molar-refractivity contribution is -0.183. The summed E-state index contributed by atoms with van der Waals surface area (Å²) in [4.78, 5) is 0. The molecule has 0 spiro atoms. The van der Waals surface area contributed by atoms with Crippen molar-refractivity contribution in [2.75, 3.05) is 0 Å². The van der Waals surface area contributed by atoms with Crippen LogP contribution in [0.25, 0.3) is 0 Å². The monoisotopic (exact) mass is 299 g/mol. The molecule has 0 aromatic heterocycles. The van der Waals surface area contributed by atoms with E-state index in [2.05, 4.69) is 43.4 Å². The van der Waals surface area contributed by atoms with Crippen molar-refractivity contribution in [1.29, 1.82) is 0 Å². The number of nitrogens with one attached hydrogen (secondary N) is 1. The minimum atomic E-state index is -4.04. The van der Waals surface area contributed by atoms with Crippen molar-refractivity contribution in [2.24, 2.45) is 5.92 Å². The third kappa shape index (κ3) is 4.73. The first-order valence-corrected chi connectivity index (χ1v) is 7.75. The lowest BCUT2D eigenvalue weighted by Gasteiger charge is -2.31. The molecule has 1 saturated carbocycles. The number of rotatable bonds is 4. The molecule has 0 aliphatic heterocycles. The highest BCUT2D eigenvalue weighted by Crippen LogP contribution is 2.37. The molecule has 1 aromatic rings. The lowest BCUT2D eigenvalue weighted by atomic mass is 9.85. The fourth-order valence-electron chi connectivity index (χ4n) is 2.96. The van der Waals surface area contributed by atoms with Gasteiger partial charge in [-0.05, 0) is 36.3 Å². The third-order valence-corrected chi connectivity index (χ3v) is 4.38. The zero-order chi connectivity index (χ0) is 15.5. The van der Waals surface area contributed by atoms with Gasteiger partial charge in [-0.25, -0.2) is 0 Å². The van der Waals surface area contributed by atoms with Crippen LogP contribution in [0.5, 0.6) is 0 Å². The first kappa shape index (κ1) is 16.3. The Morgan fingerprint density at radius 1 is 1.14 bits per heavy atom. The van der Waals surface area contributed by atoms with Crippen LogP contribution in [0.1, 0.15) is 56.6 Å². The minimum absolute atomic E-state index is 0.0184. The largest absolute Gasteiger partial charge is 0.391 e. The van der Waals surface area contributed by atoms with E-state index >= 15 is 0 Å². The molecule has 118 valence electrons. The molecule has 0 saturated heterocycles. The van der Waals surface area contributed by atoms with E-state index in [0.717, 1.165) is 12.0 Å². The topological polar surface area (TPSA) is 12.0 Å². The number of halogens is 3. The van der Waals surface area contributed by atoms with E-state index in [9.17, 15) is 13.2 Å². The van der Waals surface area contributed by atoms with Gasteiger partial charge in [-0.15, -0.1) is 0 Å². The molecule has 2 atom stereocenters. The number of hydrogen-bond acceptors (Lipinski definition) is 1. The highest BCUT2D eigenvalue weighted by molar-refractivity contribution is 5.24. The lowest BCUT2D eigenvalue weighted by Crippen LogP contribution is -2.38. The van der Waals surface area contributed by atoms with E-state index in [4.69, 9.17) is 0 Å². The highest BCUT2D eigenvalue weighted by Gasteiger charge is 2.41. The average molecular weight is 299 g/mol. The molecule has 1 aliphatic rings. The Balaban J connectivity index is 1.85. The molecule has 21 heavy (non-hydrogen) atoms. The molecule has 0 amide bonds. The van der Waals surface area contributed by atoms with E-state index < -0.39 is 12.1 Å². The molecule has 1 fully saturated rings. The summed E-state index contributed by atoms with van der Waals surface area (Å²) in [6.45, 7) is 4.94. The summed E-state index contributed by atoms with van der Waals surface area (Å²) >= 11 is 0. The standard InChI is InChI=1S/C17H24F3N/c1-12(2)14-8-6-13(7-9-14)11-21-16-5-3-4-15(10-16)17(18,19)20/h6-9,12,15-16,21H,3-5,10-11H2,1-2H3. The van der Waals surface area contributed by atoms with Crippen molar-refractivity contribution in [3.8, 4) is 0 Å². The maximum absolute atomic E-state index is 12.8. The highest BCUT2D eigenvalue weighted by atomic mass is 19.4. The Morgan fingerprint density at radius 2 is 1.81 bits per heavy atom. The number of alkyl halides is 3. The van der Waals surface area contributed by atoms with E-state index in [0.29, 0.717) is 18.9 Å². The molecule has 1 aromatic carbocycles. The van der Waals surface area contributed by atoms with Crippen molar-refractivity contribution in [3.63, 3.8) is 0 Å². The summed E-state index contributed by atoms with van der Waals surface area (Å²) in [7, 11) is 0. The summed E-state index contributed by atoms with van der Waals surface area (Å²) in [5.41, 5.74) is 2.42. The van der Waals surface area contributed by atoms with Crippen LogP contribution >= 0.6 is 0 Å². The van der Waals surface area contributed by atoms with E-state index in [1.54, 1.807) is 0 Å². The molecule has 4 heteroatoms. The zero-order valence-corrected chi connectivity index (χ0v) is 12.7. The van der Waals surface area contributed by atoms with Crippen LogP contribution in [-0.4, -0.2) is 12.2 Å². The van der Waals surface area contributed by atoms with Crippen LogP contribution < -0.4 is 5.32 Å². The second-order valence-electron chi connectivity index (χ2n) is 6.38. The zero-order valence-electron chi connectivity index (χ0n) is 12.7. The summed E-state index contributed by atoms with van der Waals surface area (Å²) in [6, 6.07) is 8.30. The van der Waals surface area contributed by atoms with Gasteiger partial charge in [-0.1, -0.05) is 44.5 Å². The van der Waals surface area contributed by atoms with Crippen LogP contribution in [0.2, 0.25) is 0 Å². The van der Waals surface area contributed by atoms with Crippen molar-refractivity contribution >= 4 is 0 Å². The van der Waals surface area contributed by atoms with Gasteiger partial charge in [0.15, 0.2) is 0 Å². The van der Waals surface area contributed by atoms with Gasteiger partial charge in [-0.2, -0.15) is 13.2 Å². The molecule has 1 nitrogen and oxygen atoms in total. The fourth-order valence-corrected chi connectivity index (χ4v) is 2.96. The predicted molar refractivity (Wildman–Crippen MR) is 79.2 cm³/mol. The normalized spacial score (nSPS) is 23.5. The minimum Gasteiger partial charge on any atom is -0.310 e. The second kappa shape index (κ2) is 6.82. The van der Waals surface area contributed by atoms with Gasteiger partial charge in [0, 0.05) is 12.6 Å². The molecule has 0 heterocycles. The van der Waals surface area contributed by atoms with Gasteiger partial charge >= 0.3 is 6.18 Å². The summed E-state index contributed by atoms with van der Waals surface area (Å²) in [6.07, 6.45) is -2.04. The molecule has 2 unspecified atom stereocenters. The van der Waals surface area contributed by atoms with Gasteiger partial charge in [0.2, 0.25) is 0 Å². The van der Waals surface area contributed by atoms with Gasteiger partial charge in [0.25, 0.3) is 0 Å². The summed E-state index contributed by atoms with van der Waals surface area (Å²) in [5.74, 6) is -0.634. The molecule has 1 aliphatic carbocycles. The quantitative estimate of drug-likeness (QED) is 0.823. The van der Waals surface area contributed by atoms with Crippen LogP contribution in [-0.2, 0) is 6.54 Å². The molecule has 0 bridgehead atoms. The maximum atomic E-state index is 12.8. The van der Waals surface area contributed by atoms with E-state index in [1.807, 2.05) is 0 Å². The van der Waals surface area contributed by atoms with Crippen molar-refractivity contribution in [3.05, 3.63) is 35.4 Å². The first-order chi connectivity index (χ1) is 9.86. The molecule has 2 rings (SSSR count). The Morgan fingerprint density at radius 3 is 2.38 bits per heavy atom. The van der Waals surface area contributed by atoms with Crippen LogP contribution in [0.3, 0.4) is 0 Å². The van der Waals surface area contributed by atoms with Crippen molar-refractivity contribution in [1.82, 2.24) is 5.32 Å². The maximum Gasteiger partial charge on any atom is 0.391 e. The Bertz CT molecular complexity index is 436. The van der Waals surface area contributed by atoms with Crippen molar-refractivity contribution in [2.45, 2.75) is 64.2 Å². The van der Waals surface area contributed by atoms with Crippen LogP contribution in [0.4, 0.5) is 13.2 Å². The molecule has 1 N–H and O–H groups in total. The number of hydrogen-bond donors (Lipinski definition) is 1. The second-order valence-corrected chi connectivity index (χ2v) is 6.38. The third-order valence-electron chi connectivity index (χ3n) is 4.38. The average Bonchev–Trinajstić information content (AvgIpc) is 2.45. The number of benzene rings is 1. The van der Waals surface area contributed by atoms with Gasteiger partial charge in [0.1, 0.15) is 0 Å². The Labute approximate surface area is 124 Å². The Hall–Kier alpha value is -1.03. The molecular weight excluding hydrogens is 275 g/mol. The first-order valence-electron chi connectivity index (χ1n) is 7.75. The van der Waals surface area contributed by atoms with Gasteiger partial charge < -0.3 is 5.32 Å². The van der Waals surface area contributed by atoms with E-state index in [1.165, 1.54) is 5.56 Å². The summed E-state index contributed by atoms with van der Waals surface area (Å²) in [5, 5.41) is 3.29.